The molecule has 0 aromatic heterocycles. The van der Waals surface area contributed by atoms with Crippen LogP contribution in [0, 0.1) is 23.7 Å². The third kappa shape index (κ3) is 5.03. The molecular formula is C35H43N3O5. The Morgan fingerprint density at radius 3 is 2.53 bits per heavy atom. The number of benzene rings is 2. The van der Waals surface area contributed by atoms with Crippen molar-refractivity contribution in [3.8, 4) is 5.75 Å². The topological polar surface area (TPSA) is 97.0 Å². The first kappa shape index (κ1) is 29.4. The summed E-state index contributed by atoms with van der Waals surface area (Å²) in [4.78, 5) is 44.1. The van der Waals surface area contributed by atoms with Gasteiger partial charge in [0.15, 0.2) is 0 Å². The molecule has 6 rings (SSSR count). The van der Waals surface area contributed by atoms with Gasteiger partial charge in [-0.05, 0) is 47.9 Å². The molecule has 3 fully saturated rings. The lowest BCUT2D eigenvalue weighted by Crippen LogP contribution is -2.57. The SMILES string of the molecule is COc1ccccc1CN1C(=O)[C@H]2[C@H](C(=O)Nc3ccc(C(C)C)cc3)[C@H]3C=C[C@@]2(O3)[C@@H]1C(=O)N[C@@H]1CCC[C@H](C)[C@H]1C. The number of carbonyl (C=O) groups excluding carboxylic acids is 3. The van der Waals surface area contributed by atoms with Crippen molar-refractivity contribution in [3.05, 3.63) is 71.8 Å². The average Bonchev–Trinajstić information content (AvgIpc) is 3.63. The number of fused-ring (bicyclic) bond motifs is 1. The van der Waals surface area contributed by atoms with E-state index in [0.29, 0.717) is 29.2 Å². The van der Waals surface area contributed by atoms with Crippen molar-refractivity contribution in [2.45, 2.75) is 83.2 Å². The molecule has 43 heavy (non-hydrogen) atoms. The number of methoxy groups -OCH3 is 1. The van der Waals surface area contributed by atoms with Gasteiger partial charge in [-0.3, -0.25) is 14.4 Å². The predicted molar refractivity (Wildman–Crippen MR) is 164 cm³/mol. The Hall–Kier alpha value is -3.65. The number of anilines is 1. The Labute approximate surface area is 254 Å². The smallest absolute Gasteiger partial charge is 0.246 e. The predicted octanol–water partition coefficient (Wildman–Crippen LogP) is 5.05. The summed E-state index contributed by atoms with van der Waals surface area (Å²) in [5, 5.41) is 6.34. The number of nitrogens with one attached hydrogen (secondary N) is 2. The third-order valence-electron chi connectivity index (χ3n) is 10.3. The van der Waals surface area contributed by atoms with Crippen molar-refractivity contribution in [2.24, 2.45) is 23.7 Å². The lowest BCUT2D eigenvalue weighted by molar-refractivity contribution is -0.142. The first-order chi connectivity index (χ1) is 20.6. The van der Waals surface area contributed by atoms with Gasteiger partial charge in [0.2, 0.25) is 17.7 Å². The van der Waals surface area contributed by atoms with E-state index >= 15 is 0 Å². The van der Waals surface area contributed by atoms with E-state index < -0.39 is 29.6 Å². The monoisotopic (exact) mass is 585 g/mol. The van der Waals surface area contributed by atoms with Gasteiger partial charge in [0.25, 0.3) is 0 Å². The van der Waals surface area contributed by atoms with Crippen LogP contribution < -0.4 is 15.4 Å². The van der Waals surface area contributed by atoms with Crippen LogP contribution in [0.15, 0.2) is 60.7 Å². The number of hydrogen-bond acceptors (Lipinski definition) is 5. The van der Waals surface area contributed by atoms with Crippen molar-refractivity contribution in [3.63, 3.8) is 0 Å². The highest BCUT2D eigenvalue weighted by atomic mass is 16.5. The van der Waals surface area contributed by atoms with Gasteiger partial charge in [-0.2, -0.15) is 0 Å². The Morgan fingerprint density at radius 1 is 1.07 bits per heavy atom. The molecule has 3 aliphatic heterocycles. The van der Waals surface area contributed by atoms with E-state index in [1.54, 1.807) is 12.0 Å². The molecule has 8 atom stereocenters. The maximum atomic E-state index is 14.4. The number of ether oxygens (including phenoxy) is 2. The van der Waals surface area contributed by atoms with Crippen LogP contribution in [0.2, 0.25) is 0 Å². The first-order valence-electron chi connectivity index (χ1n) is 15.7. The molecule has 2 N–H and O–H groups in total. The maximum Gasteiger partial charge on any atom is 0.246 e. The summed E-state index contributed by atoms with van der Waals surface area (Å²) in [7, 11) is 1.59. The van der Waals surface area contributed by atoms with Gasteiger partial charge < -0.3 is 25.0 Å². The number of carbonyl (C=O) groups is 3. The second kappa shape index (κ2) is 11.5. The van der Waals surface area contributed by atoms with Crippen LogP contribution >= 0.6 is 0 Å². The van der Waals surface area contributed by atoms with Gasteiger partial charge in [0, 0.05) is 17.3 Å². The fourth-order valence-electron chi connectivity index (χ4n) is 7.68. The molecule has 0 radical (unpaired) electrons. The molecule has 1 saturated carbocycles. The Morgan fingerprint density at radius 2 is 1.81 bits per heavy atom. The summed E-state index contributed by atoms with van der Waals surface area (Å²) < 4.78 is 12.1. The molecule has 3 amide bonds. The lowest BCUT2D eigenvalue weighted by Gasteiger charge is -2.38. The molecule has 2 aromatic carbocycles. The van der Waals surface area contributed by atoms with E-state index in [1.165, 1.54) is 5.56 Å². The van der Waals surface area contributed by atoms with Crippen molar-refractivity contribution < 1.29 is 23.9 Å². The summed E-state index contributed by atoms with van der Waals surface area (Å²) in [5.74, 6) is -0.491. The van der Waals surface area contributed by atoms with Gasteiger partial charge in [0.05, 0.1) is 31.6 Å². The molecule has 2 bridgehead atoms. The Balaban J connectivity index is 1.32. The summed E-state index contributed by atoms with van der Waals surface area (Å²) >= 11 is 0. The minimum Gasteiger partial charge on any atom is -0.496 e. The highest BCUT2D eigenvalue weighted by Gasteiger charge is 2.72. The van der Waals surface area contributed by atoms with Gasteiger partial charge in [-0.15, -0.1) is 0 Å². The highest BCUT2D eigenvalue weighted by molar-refractivity contribution is 6.02. The standard InChI is InChI=1S/C35H43N3O5/c1-20(2)23-13-15-25(16-14-23)36-32(39)29-28-17-18-35(43-28)30(29)34(41)38(19-24-10-6-7-12-27(24)42-5)31(35)33(40)37-26-11-8-9-21(3)22(26)4/h6-7,10,12-18,20-22,26,28-31H,8-9,11,19H2,1-5H3,(H,36,39)(H,37,40)/t21-,22+,26+,28+,29+,30+,31-,35-/m0/s1. The minimum absolute atomic E-state index is 0.0189. The van der Waals surface area contributed by atoms with Gasteiger partial charge >= 0.3 is 0 Å². The van der Waals surface area contributed by atoms with Crippen LogP contribution in [0.3, 0.4) is 0 Å². The second-order valence-corrected chi connectivity index (χ2v) is 13.1. The van der Waals surface area contributed by atoms with Crippen molar-refractivity contribution in [2.75, 3.05) is 12.4 Å². The van der Waals surface area contributed by atoms with E-state index in [-0.39, 0.29) is 30.3 Å². The maximum absolute atomic E-state index is 14.4. The van der Waals surface area contributed by atoms with Gasteiger partial charge in [-0.25, -0.2) is 0 Å². The second-order valence-electron chi connectivity index (χ2n) is 13.1. The van der Waals surface area contributed by atoms with Crippen molar-refractivity contribution in [1.29, 1.82) is 0 Å². The van der Waals surface area contributed by atoms with Crippen LogP contribution in [0.25, 0.3) is 0 Å². The van der Waals surface area contributed by atoms with Crippen LogP contribution in [-0.2, 0) is 25.7 Å². The lowest BCUT2D eigenvalue weighted by atomic mass is 9.73. The van der Waals surface area contributed by atoms with Crippen LogP contribution in [-0.4, -0.2) is 53.5 Å². The van der Waals surface area contributed by atoms with Crippen molar-refractivity contribution >= 4 is 23.4 Å². The fourth-order valence-corrected chi connectivity index (χ4v) is 7.68. The molecular weight excluding hydrogens is 542 g/mol. The number of rotatable bonds is 8. The van der Waals surface area contributed by atoms with Crippen molar-refractivity contribution in [1.82, 2.24) is 10.2 Å². The summed E-state index contributed by atoms with van der Waals surface area (Å²) in [6.45, 7) is 8.83. The molecule has 8 nitrogen and oxygen atoms in total. The molecule has 2 aromatic rings. The zero-order chi connectivity index (χ0) is 30.5. The Bertz CT molecular complexity index is 1420. The van der Waals surface area contributed by atoms with Gasteiger partial charge in [0.1, 0.15) is 17.4 Å². The minimum atomic E-state index is -1.22. The third-order valence-corrected chi connectivity index (χ3v) is 10.3. The summed E-state index contributed by atoms with van der Waals surface area (Å²) in [6.07, 6.45) is 6.24. The van der Waals surface area contributed by atoms with E-state index in [0.717, 1.165) is 24.8 Å². The Kier molecular flexibility index (Phi) is 7.84. The number of nitrogens with zero attached hydrogens (tertiary/aromatic N) is 1. The van der Waals surface area contributed by atoms with Gasteiger partial charge in [-0.1, -0.05) is 83.0 Å². The average molecular weight is 586 g/mol. The van der Waals surface area contributed by atoms with E-state index in [1.807, 2.05) is 60.7 Å². The molecule has 228 valence electrons. The molecule has 0 unspecified atom stereocenters. The quantitative estimate of drug-likeness (QED) is 0.423. The highest BCUT2D eigenvalue weighted by Crippen LogP contribution is 2.55. The molecule has 1 aliphatic carbocycles. The molecule has 2 saturated heterocycles. The fraction of sp³-hybridized carbons (Fsp3) is 0.514. The van der Waals surface area contributed by atoms with E-state index in [4.69, 9.17) is 9.47 Å². The first-order valence-corrected chi connectivity index (χ1v) is 15.7. The van der Waals surface area contributed by atoms with E-state index in [2.05, 4.69) is 38.3 Å². The number of hydrogen-bond donors (Lipinski definition) is 2. The van der Waals surface area contributed by atoms with Crippen LogP contribution in [0.1, 0.15) is 64.0 Å². The number of likely N-dealkylation sites (tertiary alicyclic amines) is 1. The molecule has 1 spiro atoms. The number of amides is 3. The van der Waals surface area contributed by atoms with Crippen LogP contribution in [0.4, 0.5) is 5.69 Å². The normalized spacial score (nSPS) is 32.7. The van der Waals surface area contributed by atoms with E-state index in [9.17, 15) is 14.4 Å². The zero-order valence-electron chi connectivity index (χ0n) is 25.7. The summed E-state index contributed by atoms with van der Waals surface area (Å²) in [6, 6.07) is 14.4. The molecule has 3 heterocycles. The zero-order valence-corrected chi connectivity index (χ0v) is 25.7. The molecule has 4 aliphatic rings. The number of para-hydroxylation sites is 1. The summed E-state index contributed by atoms with van der Waals surface area (Å²) in [5.41, 5.74) is 1.41. The molecule has 8 heteroatoms. The van der Waals surface area contributed by atoms with Crippen LogP contribution in [0.5, 0.6) is 5.75 Å². The largest absolute Gasteiger partial charge is 0.496 e.